The summed E-state index contributed by atoms with van der Waals surface area (Å²) < 4.78 is 6.92. The number of methoxy groups -OCH3 is 1. The van der Waals surface area contributed by atoms with Crippen molar-refractivity contribution in [3.05, 3.63) is 58.1 Å². The fourth-order valence-electron chi connectivity index (χ4n) is 2.95. The molecule has 1 aromatic heterocycles. The maximum absolute atomic E-state index is 11.3. The van der Waals surface area contributed by atoms with Crippen molar-refractivity contribution < 1.29 is 9.66 Å². The third-order valence-electron chi connectivity index (χ3n) is 4.04. The van der Waals surface area contributed by atoms with Gasteiger partial charge >= 0.3 is 5.69 Å². The van der Waals surface area contributed by atoms with E-state index >= 15 is 0 Å². The van der Waals surface area contributed by atoms with E-state index in [0.717, 1.165) is 11.0 Å². The van der Waals surface area contributed by atoms with Crippen LogP contribution in [0.4, 0.5) is 11.6 Å². The first-order chi connectivity index (χ1) is 12.1. The Labute approximate surface area is 141 Å². The summed E-state index contributed by atoms with van der Waals surface area (Å²) in [4.78, 5) is 19.8. The molecule has 3 N–H and O–H groups in total. The van der Waals surface area contributed by atoms with E-state index in [1.54, 1.807) is 12.1 Å². The normalized spacial score (nSPS) is 16.0. The molecule has 2 aromatic carbocycles. The van der Waals surface area contributed by atoms with E-state index in [1.165, 1.54) is 13.2 Å². The monoisotopic (exact) mass is 338 g/mol. The number of hydrogen-bond acceptors (Lipinski definition) is 7. The fraction of sp³-hybridized carbons (Fsp3) is 0.125. The average Bonchev–Trinajstić information content (AvgIpc) is 2.98. The number of nitrogens with zero attached hydrogens (tertiary/aromatic N) is 4. The molecule has 0 bridgehead atoms. The zero-order valence-electron chi connectivity index (χ0n) is 13.2. The number of para-hydroxylation sites is 2. The molecule has 2 heterocycles. The molecule has 0 saturated carbocycles. The lowest BCUT2D eigenvalue weighted by atomic mass is 10.1. The average molecular weight is 338 g/mol. The van der Waals surface area contributed by atoms with Crippen molar-refractivity contribution in [1.82, 2.24) is 9.55 Å². The number of ether oxygens (including phenoxy) is 1. The lowest BCUT2D eigenvalue weighted by molar-refractivity contribution is -0.385. The largest absolute Gasteiger partial charge is 0.490 e. The quantitative estimate of drug-likeness (QED) is 0.558. The highest BCUT2D eigenvalue weighted by atomic mass is 16.6. The Morgan fingerprint density at radius 1 is 1.32 bits per heavy atom. The SMILES string of the molecule is COc1ccc(C2N=C(N)Nc3nc4ccccc4n32)cc1[N+](=O)[O-]. The van der Waals surface area contributed by atoms with Crippen LogP contribution in [-0.4, -0.2) is 27.5 Å². The first kappa shape index (κ1) is 14.9. The fourth-order valence-corrected chi connectivity index (χ4v) is 2.95. The third kappa shape index (κ3) is 2.33. The second kappa shape index (κ2) is 5.48. The van der Waals surface area contributed by atoms with Gasteiger partial charge in [0.25, 0.3) is 0 Å². The van der Waals surface area contributed by atoms with E-state index in [-0.39, 0.29) is 17.4 Å². The predicted molar refractivity (Wildman–Crippen MR) is 92.8 cm³/mol. The van der Waals surface area contributed by atoms with Gasteiger partial charge in [-0.25, -0.2) is 9.98 Å². The van der Waals surface area contributed by atoms with Crippen LogP contribution in [0.1, 0.15) is 11.7 Å². The van der Waals surface area contributed by atoms with Crippen LogP contribution in [0, 0.1) is 10.1 Å². The highest BCUT2D eigenvalue weighted by Crippen LogP contribution is 2.36. The molecule has 0 fully saturated rings. The van der Waals surface area contributed by atoms with E-state index in [9.17, 15) is 10.1 Å². The number of nitro benzene ring substituents is 1. The molecule has 0 radical (unpaired) electrons. The lowest BCUT2D eigenvalue weighted by Crippen LogP contribution is -2.31. The summed E-state index contributed by atoms with van der Waals surface area (Å²) in [5.74, 6) is 0.929. The van der Waals surface area contributed by atoms with Gasteiger partial charge in [-0.05, 0) is 18.2 Å². The van der Waals surface area contributed by atoms with E-state index in [0.29, 0.717) is 11.5 Å². The number of imidazole rings is 1. The Morgan fingerprint density at radius 2 is 2.12 bits per heavy atom. The molecule has 1 unspecified atom stereocenters. The molecular formula is C16H14N6O3. The zero-order chi connectivity index (χ0) is 17.6. The van der Waals surface area contributed by atoms with E-state index in [2.05, 4.69) is 15.3 Å². The van der Waals surface area contributed by atoms with Crippen LogP contribution >= 0.6 is 0 Å². The standard InChI is InChI=1S/C16H14N6O3/c1-25-13-7-6-9(8-12(13)22(23)24)14-19-15(17)20-16-18-10-4-2-3-5-11(10)21(14)16/h2-8,14H,1H3,(H3,17,18,19,20). The van der Waals surface area contributed by atoms with Gasteiger partial charge in [0.05, 0.1) is 23.1 Å². The molecule has 0 saturated heterocycles. The van der Waals surface area contributed by atoms with Gasteiger partial charge in [0.1, 0.15) is 0 Å². The van der Waals surface area contributed by atoms with Gasteiger partial charge in [-0.2, -0.15) is 0 Å². The Balaban J connectivity index is 1.92. The minimum absolute atomic E-state index is 0.127. The molecule has 0 aliphatic carbocycles. The number of hydrogen-bond donors (Lipinski definition) is 2. The van der Waals surface area contributed by atoms with Gasteiger partial charge in [-0.15, -0.1) is 0 Å². The van der Waals surface area contributed by atoms with Crippen molar-refractivity contribution in [3.8, 4) is 5.75 Å². The number of anilines is 1. The molecule has 3 aromatic rings. The summed E-state index contributed by atoms with van der Waals surface area (Å²) in [5.41, 5.74) is 8.00. The highest BCUT2D eigenvalue weighted by molar-refractivity contribution is 5.94. The van der Waals surface area contributed by atoms with Crippen LogP contribution in [-0.2, 0) is 0 Å². The number of rotatable bonds is 3. The molecule has 4 rings (SSSR count). The summed E-state index contributed by atoms with van der Waals surface area (Å²) in [6, 6.07) is 12.3. The van der Waals surface area contributed by atoms with Crippen molar-refractivity contribution in [2.75, 3.05) is 12.4 Å². The molecule has 0 amide bonds. The number of nitro groups is 1. The summed E-state index contributed by atoms with van der Waals surface area (Å²) in [6.45, 7) is 0. The van der Waals surface area contributed by atoms with Crippen LogP contribution in [0.2, 0.25) is 0 Å². The van der Waals surface area contributed by atoms with E-state index in [1.807, 2.05) is 28.8 Å². The molecule has 1 aliphatic heterocycles. The van der Waals surface area contributed by atoms with Crippen molar-refractivity contribution in [3.63, 3.8) is 0 Å². The van der Waals surface area contributed by atoms with Gasteiger partial charge in [0, 0.05) is 11.6 Å². The Hall–Kier alpha value is -3.62. The number of fused-ring (bicyclic) bond motifs is 3. The topological polar surface area (TPSA) is 121 Å². The third-order valence-corrected chi connectivity index (χ3v) is 4.04. The summed E-state index contributed by atoms with van der Waals surface area (Å²) in [7, 11) is 1.39. The number of nitrogens with two attached hydrogens (primary N) is 1. The van der Waals surface area contributed by atoms with Crippen molar-refractivity contribution in [2.24, 2.45) is 10.7 Å². The smallest absolute Gasteiger partial charge is 0.311 e. The molecule has 9 heteroatoms. The summed E-state index contributed by atoms with van der Waals surface area (Å²) in [5, 5.41) is 14.3. The first-order valence-electron chi connectivity index (χ1n) is 7.48. The lowest BCUT2D eigenvalue weighted by Gasteiger charge is -2.23. The van der Waals surface area contributed by atoms with Crippen molar-refractivity contribution in [2.45, 2.75) is 6.17 Å². The summed E-state index contributed by atoms with van der Waals surface area (Å²) in [6.07, 6.45) is -0.562. The van der Waals surface area contributed by atoms with Gasteiger partial charge < -0.3 is 10.5 Å². The molecule has 1 aliphatic rings. The number of guanidine groups is 1. The van der Waals surface area contributed by atoms with Crippen LogP contribution < -0.4 is 15.8 Å². The maximum Gasteiger partial charge on any atom is 0.311 e. The van der Waals surface area contributed by atoms with Gasteiger partial charge in [-0.1, -0.05) is 18.2 Å². The van der Waals surface area contributed by atoms with E-state index in [4.69, 9.17) is 10.5 Å². The Bertz CT molecular complexity index is 1030. The molecule has 25 heavy (non-hydrogen) atoms. The minimum Gasteiger partial charge on any atom is -0.490 e. The second-order valence-electron chi connectivity index (χ2n) is 5.50. The van der Waals surface area contributed by atoms with Crippen molar-refractivity contribution in [1.29, 1.82) is 0 Å². The highest BCUT2D eigenvalue weighted by Gasteiger charge is 2.27. The second-order valence-corrected chi connectivity index (χ2v) is 5.50. The van der Waals surface area contributed by atoms with Crippen LogP contribution in [0.3, 0.4) is 0 Å². The number of nitrogens with one attached hydrogen (secondary N) is 1. The zero-order valence-corrected chi connectivity index (χ0v) is 13.2. The molecule has 0 spiro atoms. The predicted octanol–water partition coefficient (Wildman–Crippen LogP) is 2.24. The van der Waals surface area contributed by atoms with Crippen LogP contribution in [0.15, 0.2) is 47.5 Å². The van der Waals surface area contributed by atoms with Gasteiger partial charge in [-0.3, -0.25) is 20.0 Å². The minimum atomic E-state index is -0.562. The molecule has 126 valence electrons. The number of aromatic nitrogens is 2. The molecule has 1 atom stereocenters. The summed E-state index contributed by atoms with van der Waals surface area (Å²) >= 11 is 0. The van der Waals surface area contributed by atoms with Crippen LogP contribution in [0.5, 0.6) is 5.75 Å². The van der Waals surface area contributed by atoms with Crippen LogP contribution in [0.25, 0.3) is 11.0 Å². The first-order valence-corrected chi connectivity index (χ1v) is 7.48. The van der Waals surface area contributed by atoms with E-state index < -0.39 is 11.1 Å². The Kier molecular flexibility index (Phi) is 3.27. The number of benzene rings is 2. The van der Waals surface area contributed by atoms with Crippen molar-refractivity contribution >= 4 is 28.6 Å². The Morgan fingerprint density at radius 3 is 2.88 bits per heavy atom. The molecule has 9 nitrogen and oxygen atoms in total. The molecular weight excluding hydrogens is 324 g/mol. The van der Waals surface area contributed by atoms with Gasteiger partial charge in [0.2, 0.25) is 5.95 Å². The van der Waals surface area contributed by atoms with Gasteiger partial charge in [0.15, 0.2) is 17.9 Å². The maximum atomic E-state index is 11.3. The number of aliphatic imine (C=N–C) groups is 1.